The van der Waals surface area contributed by atoms with Crippen LogP contribution in [0, 0.1) is 20.8 Å². The van der Waals surface area contributed by atoms with Crippen molar-refractivity contribution in [1.82, 2.24) is 24.6 Å². The first-order valence-electron chi connectivity index (χ1n) is 6.26. The maximum absolute atomic E-state index is 11.9. The van der Waals surface area contributed by atoms with Crippen LogP contribution >= 0.6 is 0 Å². The van der Waals surface area contributed by atoms with Crippen molar-refractivity contribution >= 4 is 5.91 Å². The molecule has 0 aromatic carbocycles. The Morgan fingerprint density at radius 1 is 1.32 bits per heavy atom. The zero-order valence-corrected chi connectivity index (χ0v) is 11.8. The third-order valence-electron chi connectivity index (χ3n) is 3.22. The van der Waals surface area contributed by atoms with Crippen LogP contribution < -0.4 is 5.32 Å². The van der Waals surface area contributed by atoms with Crippen LogP contribution in [-0.4, -0.2) is 31.8 Å². The van der Waals surface area contributed by atoms with Crippen molar-refractivity contribution in [2.45, 2.75) is 27.3 Å². The smallest absolute Gasteiger partial charge is 0.271 e. The van der Waals surface area contributed by atoms with Gasteiger partial charge < -0.3 is 9.88 Å². The van der Waals surface area contributed by atoms with E-state index in [0.29, 0.717) is 12.2 Å². The van der Waals surface area contributed by atoms with E-state index < -0.39 is 0 Å². The third kappa shape index (κ3) is 2.83. The third-order valence-corrected chi connectivity index (χ3v) is 3.22. The van der Waals surface area contributed by atoms with Crippen molar-refractivity contribution in [1.29, 1.82) is 0 Å². The molecule has 0 atom stereocenters. The van der Waals surface area contributed by atoms with Crippen molar-refractivity contribution in [3.63, 3.8) is 0 Å². The second-order valence-electron chi connectivity index (χ2n) is 4.65. The van der Waals surface area contributed by atoms with E-state index in [4.69, 9.17) is 0 Å². The zero-order chi connectivity index (χ0) is 14.0. The number of aromatic nitrogens is 4. The summed E-state index contributed by atoms with van der Waals surface area (Å²) >= 11 is 0. The topological polar surface area (TPSA) is 64.7 Å². The van der Waals surface area contributed by atoms with Crippen molar-refractivity contribution in [2.24, 2.45) is 7.05 Å². The molecule has 0 spiro atoms. The molecule has 2 rings (SSSR count). The second-order valence-corrected chi connectivity index (χ2v) is 4.65. The molecule has 0 saturated carbocycles. The molecule has 2 aromatic heterocycles. The molecule has 0 bridgehead atoms. The predicted molar refractivity (Wildman–Crippen MR) is 72.0 cm³/mol. The highest BCUT2D eigenvalue weighted by Crippen LogP contribution is 2.03. The highest BCUT2D eigenvalue weighted by molar-refractivity contribution is 5.92. The van der Waals surface area contributed by atoms with E-state index in [0.717, 1.165) is 23.8 Å². The van der Waals surface area contributed by atoms with E-state index in [-0.39, 0.29) is 5.91 Å². The van der Waals surface area contributed by atoms with Gasteiger partial charge in [-0.2, -0.15) is 5.10 Å². The summed E-state index contributed by atoms with van der Waals surface area (Å²) in [6, 6.07) is 1.78. The minimum Gasteiger partial charge on any atom is -0.349 e. The lowest BCUT2D eigenvalue weighted by atomic mass is 10.3. The van der Waals surface area contributed by atoms with Crippen LogP contribution in [0.5, 0.6) is 0 Å². The second kappa shape index (κ2) is 5.26. The molecule has 2 aromatic rings. The Morgan fingerprint density at radius 3 is 2.58 bits per heavy atom. The van der Waals surface area contributed by atoms with Crippen LogP contribution in [0.15, 0.2) is 12.3 Å². The highest BCUT2D eigenvalue weighted by Gasteiger charge is 2.10. The highest BCUT2D eigenvalue weighted by atomic mass is 16.1. The molecule has 0 aliphatic rings. The lowest BCUT2D eigenvalue weighted by Gasteiger charge is -2.08. The molecule has 1 amide bonds. The molecular weight excluding hydrogens is 242 g/mol. The van der Waals surface area contributed by atoms with E-state index in [2.05, 4.69) is 20.0 Å². The summed E-state index contributed by atoms with van der Waals surface area (Å²) in [5.41, 5.74) is 2.52. The van der Waals surface area contributed by atoms with Crippen LogP contribution in [0.4, 0.5) is 0 Å². The fraction of sp³-hybridized carbons (Fsp3) is 0.462. The van der Waals surface area contributed by atoms with Gasteiger partial charge in [-0.25, -0.2) is 4.98 Å². The number of carbonyl (C=O) groups is 1. The van der Waals surface area contributed by atoms with E-state index in [9.17, 15) is 4.79 Å². The molecule has 19 heavy (non-hydrogen) atoms. The maximum atomic E-state index is 11.9. The van der Waals surface area contributed by atoms with E-state index in [1.54, 1.807) is 10.7 Å². The number of nitrogens with one attached hydrogen (secondary N) is 1. The van der Waals surface area contributed by atoms with Gasteiger partial charge in [-0.3, -0.25) is 9.48 Å². The molecule has 1 N–H and O–H groups in total. The maximum Gasteiger partial charge on any atom is 0.271 e. The van der Waals surface area contributed by atoms with Gasteiger partial charge in [0.2, 0.25) is 0 Å². The normalized spacial score (nSPS) is 10.7. The molecule has 0 aliphatic heterocycles. The molecule has 6 heteroatoms. The molecule has 102 valence electrons. The standard InChI is InChI=1S/C13H19N5O/c1-9-7-12(16-17(9)4)13(19)14-5-6-18-10(2)8-15-11(18)3/h7-8H,5-6H2,1-4H3,(H,14,19). The van der Waals surface area contributed by atoms with Gasteiger partial charge in [-0.05, 0) is 26.8 Å². The fourth-order valence-corrected chi connectivity index (χ4v) is 1.96. The van der Waals surface area contributed by atoms with Gasteiger partial charge in [0.15, 0.2) is 0 Å². The number of hydrogen-bond donors (Lipinski definition) is 1. The average molecular weight is 261 g/mol. The first-order valence-corrected chi connectivity index (χ1v) is 6.26. The molecular formula is C13H19N5O. The Kier molecular flexibility index (Phi) is 3.69. The van der Waals surface area contributed by atoms with E-state index in [1.807, 2.05) is 34.0 Å². The Morgan fingerprint density at radius 2 is 2.05 bits per heavy atom. The van der Waals surface area contributed by atoms with Crippen molar-refractivity contribution < 1.29 is 4.79 Å². The molecule has 0 radical (unpaired) electrons. The zero-order valence-electron chi connectivity index (χ0n) is 11.8. The summed E-state index contributed by atoms with van der Waals surface area (Å²) in [6.07, 6.45) is 1.83. The SMILES string of the molecule is Cc1cc(C(=O)NCCn2c(C)cnc2C)nn1C. The summed E-state index contributed by atoms with van der Waals surface area (Å²) in [6.45, 7) is 7.16. The fourth-order valence-electron chi connectivity index (χ4n) is 1.96. The van der Waals surface area contributed by atoms with Crippen molar-refractivity contribution in [3.05, 3.63) is 35.2 Å². The molecule has 2 heterocycles. The number of aryl methyl sites for hydroxylation is 4. The molecule has 0 fully saturated rings. The van der Waals surface area contributed by atoms with Crippen LogP contribution in [-0.2, 0) is 13.6 Å². The number of hydrogen-bond acceptors (Lipinski definition) is 3. The number of rotatable bonds is 4. The van der Waals surface area contributed by atoms with Crippen molar-refractivity contribution in [2.75, 3.05) is 6.54 Å². The van der Waals surface area contributed by atoms with E-state index in [1.165, 1.54) is 0 Å². The quantitative estimate of drug-likeness (QED) is 0.892. The van der Waals surface area contributed by atoms with Crippen molar-refractivity contribution in [3.8, 4) is 0 Å². The Hall–Kier alpha value is -2.11. The van der Waals surface area contributed by atoms with Gasteiger partial charge in [-0.15, -0.1) is 0 Å². The van der Waals surface area contributed by atoms with Crippen LogP contribution in [0.1, 0.15) is 27.7 Å². The molecule has 0 unspecified atom stereocenters. The minimum atomic E-state index is -0.140. The van der Waals surface area contributed by atoms with Gasteiger partial charge in [0.25, 0.3) is 5.91 Å². The van der Waals surface area contributed by atoms with Gasteiger partial charge in [-0.1, -0.05) is 0 Å². The summed E-state index contributed by atoms with van der Waals surface area (Å²) in [7, 11) is 1.82. The van der Waals surface area contributed by atoms with Crippen LogP contribution in [0.25, 0.3) is 0 Å². The molecule has 0 aliphatic carbocycles. The first-order chi connectivity index (χ1) is 8.99. The summed E-state index contributed by atoms with van der Waals surface area (Å²) in [4.78, 5) is 16.1. The largest absolute Gasteiger partial charge is 0.349 e. The first kappa shape index (κ1) is 13.3. The Bertz CT molecular complexity index is 557. The molecule has 0 saturated heterocycles. The Balaban J connectivity index is 1.91. The monoisotopic (exact) mass is 261 g/mol. The summed E-state index contributed by atoms with van der Waals surface area (Å²) in [5.74, 6) is 0.819. The number of amides is 1. The number of carbonyl (C=O) groups excluding carboxylic acids is 1. The molecule has 6 nitrogen and oxygen atoms in total. The average Bonchev–Trinajstić information content (AvgIpc) is 2.86. The van der Waals surface area contributed by atoms with Crippen LogP contribution in [0.3, 0.4) is 0 Å². The number of nitrogens with zero attached hydrogens (tertiary/aromatic N) is 4. The van der Waals surface area contributed by atoms with Crippen LogP contribution in [0.2, 0.25) is 0 Å². The summed E-state index contributed by atoms with van der Waals surface area (Å²) < 4.78 is 3.77. The lowest BCUT2D eigenvalue weighted by Crippen LogP contribution is -2.28. The van der Waals surface area contributed by atoms with Gasteiger partial charge >= 0.3 is 0 Å². The summed E-state index contributed by atoms with van der Waals surface area (Å²) in [5, 5.41) is 7.02. The lowest BCUT2D eigenvalue weighted by molar-refractivity contribution is 0.0946. The van der Waals surface area contributed by atoms with E-state index >= 15 is 0 Å². The van der Waals surface area contributed by atoms with Gasteiger partial charge in [0, 0.05) is 37.7 Å². The van der Waals surface area contributed by atoms with Gasteiger partial charge in [0.1, 0.15) is 11.5 Å². The minimum absolute atomic E-state index is 0.140. The predicted octanol–water partition coefficient (Wildman–Crippen LogP) is 0.972. The van der Waals surface area contributed by atoms with Gasteiger partial charge in [0.05, 0.1) is 0 Å². The number of imidazole rings is 1. The Labute approximate surface area is 112 Å².